The molecular weight excluding hydrogens is 246 g/mol. The van der Waals surface area contributed by atoms with E-state index in [1.807, 2.05) is 0 Å². The molecule has 1 amide bonds. The number of nitrogens with one attached hydrogen (secondary N) is 2. The van der Waals surface area contributed by atoms with Crippen molar-refractivity contribution >= 4 is 17.7 Å². The molecular formula is C12H21N5O2. The average molecular weight is 267 g/mol. The molecule has 0 radical (unpaired) electrons. The van der Waals surface area contributed by atoms with Gasteiger partial charge in [0.05, 0.1) is 7.11 Å². The van der Waals surface area contributed by atoms with Crippen LogP contribution < -0.4 is 21.1 Å². The summed E-state index contributed by atoms with van der Waals surface area (Å²) in [6.45, 7) is 5.26. The fraction of sp³-hybridized carbons (Fsp3) is 0.583. The largest absolute Gasteiger partial charge is 0.481 e. The maximum atomic E-state index is 11.5. The molecule has 1 heterocycles. The van der Waals surface area contributed by atoms with Crippen LogP contribution in [0.15, 0.2) is 6.07 Å². The summed E-state index contributed by atoms with van der Waals surface area (Å²) in [4.78, 5) is 19.4. The second-order valence-electron chi connectivity index (χ2n) is 4.53. The zero-order valence-corrected chi connectivity index (χ0v) is 11.6. The van der Waals surface area contributed by atoms with Crippen molar-refractivity contribution in [1.29, 1.82) is 0 Å². The molecule has 7 nitrogen and oxygen atoms in total. The number of hydrogen-bond acceptors (Lipinski definition) is 6. The molecule has 0 unspecified atom stereocenters. The molecule has 0 aromatic carbocycles. The molecule has 0 aliphatic carbocycles. The predicted molar refractivity (Wildman–Crippen MR) is 74.0 cm³/mol. The average Bonchev–Trinajstić information content (AvgIpc) is 2.35. The van der Waals surface area contributed by atoms with Crippen LogP contribution in [-0.2, 0) is 4.79 Å². The molecule has 1 aromatic rings. The highest BCUT2D eigenvalue weighted by atomic mass is 16.5. The molecule has 0 spiro atoms. The van der Waals surface area contributed by atoms with Crippen molar-refractivity contribution in [1.82, 2.24) is 15.3 Å². The van der Waals surface area contributed by atoms with Crippen LogP contribution in [0.2, 0.25) is 0 Å². The molecule has 0 saturated carbocycles. The SMILES string of the molecule is COc1cc(NCCC(=O)NCC(C)C)nc(N)n1. The normalized spacial score (nSPS) is 10.3. The van der Waals surface area contributed by atoms with Crippen molar-refractivity contribution in [2.24, 2.45) is 5.92 Å². The van der Waals surface area contributed by atoms with E-state index in [-0.39, 0.29) is 11.9 Å². The lowest BCUT2D eigenvalue weighted by atomic mass is 10.2. The van der Waals surface area contributed by atoms with E-state index in [0.29, 0.717) is 37.1 Å². The summed E-state index contributed by atoms with van der Waals surface area (Å²) in [6.07, 6.45) is 0.374. The summed E-state index contributed by atoms with van der Waals surface area (Å²) in [5.74, 6) is 1.52. The Morgan fingerprint density at radius 2 is 2.21 bits per heavy atom. The molecule has 106 valence electrons. The highest BCUT2D eigenvalue weighted by Crippen LogP contribution is 2.13. The number of amides is 1. The van der Waals surface area contributed by atoms with Crippen molar-refractivity contribution in [2.45, 2.75) is 20.3 Å². The quantitative estimate of drug-likeness (QED) is 0.670. The lowest BCUT2D eigenvalue weighted by Crippen LogP contribution is -2.28. The first kappa shape index (κ1) is 15.0. The lowest BCUT2D eigenvalue weighted by molar-refractivity contribution is -0.120. The van der Waals surface area contributed by atoms with Gasteiger partial charge in [-0.15, -0.1) is 0 Å². The minimum atomic E-state index is 0.00944. The fourth-order valence-corrected chi connectivity index (χ4v) is 1.35. The van der Waals surface area contributed by atoms with Gasteiger partial charge in [-0.1, -0.05) is 13.8 Å². The highest BCUT2D eigenvalue weighted by Gasteiger charge is 2.04. The Hall–Kier alpha value is -2.05. The second kappa shape index (κ2) is 7.40. The van der Waals surface area contributed by atoms with Gasteiger partial charge in [-0.25, -0.2) is 0 Å². The molecule has 7 heteroatoms. The Bertz CT molecular complexity index is 423. The van der Waals surface area contributed by atoms with E-state index in [4.69, 9.17) is 10.5 Å². The first-order valence-corrected chi connectivity index (χ1v) is 6.20. The zero-order valence-electron chi connectivity index (χ0n) is 11.6. The number of nitrogen functional groups attached to an aromatic ring is 1. The smallest absolute Gasteiger partial charge is 0.225 e. The van der Waals surface area contributed by atoms with Crippen LogP contribution in [0.1, 0.15) is 20.3 Å². The first-order valence-electron chi connectivity index (χ1n) is 6.20. The number of nitrogens with zero attached hydrogens (tertiary/aromatic N) is 2. The summed E-state index contributed by atoms with van der Waals surface area (Å²) < 4.78 is 4.98. The summed E-state index contributed by atoms with van der Waals surface area (Å²) >= 11 is 0. The molecule has 0 atom stereocenters. The summed E-state index contributed by atoms with van der Waals surface area (Å²) in [7, 11) is 1.50. The second-order valence-corrected chi connectivity index (χ2v) is 4.53. The van der Waals surface area contributed by atoms with Crippen molar-refractivity contribution < 1.29 is 9.53 Å². The number of carbonyl (C=O) groups is 1. The zero-order chi connectivity index (χ0) is 14.3. The van der Waals surface area contributed by atoms with Gasteiger partial charge in [0.15, 0.2) is 0 Å². The van der Waals surface area contributed by atoms with Gasteiger partial charge in [-0.05, 0) is 5.92 Å². The number of carbonyl (C=O) groups excluding carboxylic acids is 1. The van der Waals surface area contributed by atoms with Crippen molar-refractivity contribution in [2.75, 3.05) is 31.2 Å². The van der Waals surface area contributed by atoms with E-state index in [0.717, 1.165) is 0 Å². The van der Waals surface area contributed by atoms with E-state index < -0.39 is 0 Å². The van der Waals surface area contributed by atoms with E-state index in [9.17, 15) is 4.79 Å². The lowest BCUT2D eigenvalue weighted by Gasteiger charge is -2.09. The molecule has 19 heavy (non-hydrogen) atoms. The molecule has 0 saturated heterocycles. The Morgan fingerprint density at radius 3 is 2.84 bits per heavy atom. The van der Waals surface area contributed by atoms with E-state index in [2.05, 4.69) is 34.4 Å². The number of ether oxygens (including phenoxy) is 1. The Balaban J connectivity index is 2.36. The van der Waals surface area contributed by atoms with Crippen LogP contribution in [0.3, 0.4) is 0 Å². The number of hydrogen-bond donors (Lipinski definition) is 3. The van der Waals surface area contributed by atoms with Crippen LogP contribution in [0, 0.1) is 5.92 Å². The number of methoxy groups -OCH3 is 1. The minimum absolute atomic E-state index is 0.00944. The van der Waals surface area contributed by atoms with Crippen LogP contribution in [-0.4, -0.2) is 36.1 Å². The van der Waals surface area contributed by atoms with Crippen LogP contribution in [0.4, 0.5) is 11.8 Å². The van der Waals surface area contributed by atoms with Crippen LogP contribution in [0.25, 0.3) is 0 Å². The molecule has 1 aromatic heterocycles. The number of nitrogens with two attached hydrogens (primary N) is 1. The molecule has 0 aliphatic rings. The van der Waals surface area contributed by atoms with Crippen molar-refractivity contribution in [3.05, 3.63) is 6.07 Å². The standard InChI is InChI=1S/C12H21N5O2/c1-8(2)7-15-10(18)4-5-14-9-6-11(19-3)17-12(13)16-9/h6,8H,4-5,7H2,1-3H3,(H,15,18)(H3,13,14,16,17). The maximum absolute atomic E-state index is 11.5. The van der Waals surface area contributed by atoms with E-state index in [1.54, 1.807) is 6.07 Å². The Labute approximate surface area is 113 Å². The first-order chi connectivity index (χ1) is 9.01. The van der Waals surface area contributed by atoms with Crippen molar-refractivity contribution in [3.8, 4) is 5.88 Å². The topological polar surface area (TPSA) is 102 Å². The van der Waals surface area contributed by atoms with Gasteiger partial charge in [-0.3, -0.25) is 4.79 Å². The van der Waals surface area contributed by atoms with E-state index >= 15 is 0 Å². The van der Waals surface area contributed by atoms with Gasteiger partial charge in [-0.2, -0.15) is 9.97 Å². The van der Waals surface area contributed by atoms with Gasteiger partial charge in [0, 0.05) is 25.6 Å². The number of aromatic nitrogens is 2. The fourth-order valence-electron chi connectivity index (χ4n) is 1.35. The Morgan fingerprint density at radius 1 is 1.47 bits per heavy atom. The summed E-state index contributed by atoms with van der Waals surface area (Å²) in [5, 5.41) is 5.85. The third-order valence-electron chi connectivity index (χ3n) is 2.29. The van der Waals surface area contributed by atoms with Crippen molar-refractivity contribution in [3.63, 3.8) is 0 Å². The monoisotopic (exact) mass is 267 g/mol. The van der Waals surface area contributed by atoms with Crippen LogP contribution >= 0.6 is 0 Å². The van der Waals surface area contributed by atoms with E-state index in [1.165, 1.54) is 7.11 Å². The third-order valence-corrected chi connectivity index (χ3v) is 2.29. The molecule has 0 fully saturated rings. The number of rotatable bonds is 7. The minimum Gasteiger partial charge on any atom is -0.481 e. The van der Waals surface area contributed by atoms with Gasteiger partial charge in [0.1, 0.15) is 5.82 Å². The Kier molecular flexibility index (Phi) is 5.84. The predicted octanol–water partition coefficient (Wildman–Crippen LogP) is 0.642. The van der Waals surface area contributed by atoms with Gasteiger partial charge >= 0.3 is 0 Å². The number of anilines is 2. The van der Waals surface area contributed by atoms with Gasteiger partial charge < -0.3 is 21.1 Å². The highest BCUT2D eigenvalue weighted by molar-refractivity contribution is 5.76. The summed E-state index contributed by atoms with van der Waals surface area (Å²) in [6, 6.07) is 1.63. The molecule has 0 aliphatic heterocycles. The van der Waals surface area contributed by atoms with Crippen LogP contribution in [0.5, 0.6) is 5.88 Å². The van der Waals surface area contributed by atoms with Gasteiger partial charge in [0.25, 0.3) is 0 Å². The molecule has 0 bridgehead atoms. The van der Waals surface area contributed by atoms with Gasteiger partial charge in [0.2, 0.25) is 17.7 Å². The summed E-state index contributed by atoms with van der Waals surface area (Å²) in [5.41, 5.74) is 5.53. The molecule has 4 N–H and O–H groups in total. The molecule has 1 rings (SSSR count). The third kappa shape index (κ3) is 5.89. The maximum Gasteiger partial charge on any atom is 0.225 e.